The molecule has 0 aromatic heterocycles. The van der Waals surface area contributed by atoms with Crippen LogP contribution in [0, 0.1) is 0 Å². The number of hydrogen-bond donors (Lipinski definition) is 0. The van der Waals surface area contributed by atoms with Gasteiger partial charge in [0.15, 0.2) is 4.87 Å². The van der Waals surface area contributed by atoms with E-state index in [-0.39, 0.29) is 6.42 Å². The van der Waals surface area contributed by atoms with E-state index in [0.717, 1.165) is 11.8 Å². The first kappa shape index (κ1) is 10.1. The number of benzene rings is 1. The Morgan fingerprint density at radius 2 is 2.00 bits per heavy atom. The van der Waals surface area contributed by atoms with Crippen molar-refractivity contribution in [2.45, 2.75) is 22.4 Å². The molecule has 0 aliphatic carbocycles. The van der Waals surface area contributed by atoms with Gasteiger partial charge >= 0.3 is 6.18 Å². The van der Waals surface area contributed by atoms with Gasteiger partial charge in [0.2, 0.25) is 0 Å². The second-order valence-electron chi connectivity index (χ2n) is 3.81. The molecular weight excluding hydrogens is 235 g/mol. The number of thioether (sulfide) groups is 1. The highest BCUT2D eigenvalue weighted by Crippen LogP contribution is 2.60. The zero-order chi connectivity index (χ0) is 11.4. The Hall–Kier alpha value is -1.10. The summed E-state index contributed by atoms with van der Waals surface area (Å²) in [6.45, 7) is 0. The number of halogens is 3. The van der Waals surface area contributed by atoms with Crippen LogP contribution in [-0.2, 0) is 0 Å². The van der Waals surface area contributed by atoms with Gasteiger partial charge in [-0.1, -0.05) is 30.0 Å². The summed E-state index contributed by atoms with van der Waals surface area (Å²) in [5.74, 6) is 0. The van der Waals surface area contributed by atoms with Crippen LogP contribution in [0.5, 0.6) is 0 Å². The average molecular weight is 243 g/mol. The lowest BCUT2D eigenvalue weighted by Crippen LogP contribution is -2.49. The highest BCUT2D eigenvalue weighted by Gasteiger charge is 2.63. The summed E-state index contributed by atoms with van der Waals surface area (Å²) >= 11 is 0.900. The normalized spacial score (nSPS) is 27.1. The third-order valence-corrected chi connectivity index (χ3v) is 4.38. The van der Waals surface area contributed by atoms with Gasteiger partial charge in [0.05, 0.1) is 5.69 Å². The highest BCUT2D eigenvalue weighted by atomic mass is 32.2. The summed E-state index contributed by atoms with van der Waals surface area (Å²) in [5, 5.41) is 0. The summed E-state index contributed by atoms with van der Waals surface area (Å²) < 4.78 is 39.5. The van der Waals surface area contributed by atoms with Crippen molar-refractivity contribution in [1.29, 1.82) is 0 Å². The maximum atomic E-state index is 13.2. The molecule has 1 aromatic carbocycles. The van der Waals surface area contributed by atoms with E-state index in [9.17, 15) is 13.2 Å². The molecule has 2 heterocycles. The highest BCUT2D eigenvalue weighted by molar-refractivity contribution is 8.01. The van der Waals surface area contributed by atoms with Gasteiger partial charge in [-0.25, -0.2) is 0 Å². The van der Waals surface area contributed by atoms with E-state index in [1.165, 1.54) is 11.1 Å². The first-order chi connectivity index (χ1) is 7.55. The smallest absolute Gasteiger partial charge is 0.323 e. The molecule has 0 saturated heterocycles. The van der Waals surface area contributed by atoms with E-state index in [2.05, 4.69) is 0 Å². The van der Waals surface area contributed by atoms with E-state index in [1.54, 1.807) is 30.3 Å². The quantitative estimate of drug-likeness (QED) is 0.682. The Morgan fingerprint density at radius 3 is 2.75 bits per heavy atom. The van der Waals surface area contributed by atoms with Gasteiger partial charge in [-0.3, -0.25) is 0 Å². The van der Waals surface area contributed by atoms with Crippen molar-refractivity contribution in [3.8, 4) is 0 Å². The predicted molar refractivity (Wildman–Crippen MR) is 57.3 cm³/mol. The summed E-state index contributed by atoms with van der Waals surface area (Å²) in [5.41, 5.74) is 0.651. The molecule has 16 heavy (non-hydrogen) atoms. The number of nitrogens with zero attached hydrogens (tertiary/aromatic N) is 1. The van der Waals surface area contributed by atoms with Crippen molar-refractivity contribution in [3.05, 3.63) is 36.5 Å². The Labute approximate surface area is 94.9 Å². The maximum absolute atomic E-state index is 13.2. The van der Waals surface area contributed by atoms with Crippen LogP contribution in [0.25, 0.3) is 0 Å². The fourth-order valence-electron chi connectivity index (χ4n) is 2.14. The number of fused-ring (bicyclic) bond motifs is 3. The third kappa shape index (κ3) is 1.09. The van der Waals surface area contributed by atoms with Crippen LogP contribution < -0.4 is 4.90 Å². The molecule has 5 heteroatoms. The molecule has 0 saturated carbocycles. The number of alkyl halides is 3. The lowest BCUT2D eigenvalue weighted by molar-refractivity contribution is -0.154. The van der Waals surface area contributed by atoms with Gasteiger partial charge in [-0.2, -0.15) is 13.2 Å². The molecule has 1 nitrogen and oxygen atoms in total. The zero-order valence-electron chi connectivity index (χ0n) is 8.16. The van der Waals surface area contributed by atoms with Crippen LogP contribution in [0.1, 0.15) is 6.42 Å². The van der Waals surface area contributed by atoms with Gasteiger partial charge in [-0.05, 0) is 12.1 Å². The monoisotopic (exact) mass is 243 g/mol. The summed E-state index contributed by atoms with van der Waals surface area (Å²) in [6, 6.07) is 6.99. The summed E-state index contributed by atoms with van der Waals surface area (Å²) in [4.78, 5) is 0.230. The van der Waals surface area contributed by atoms with Gasteiger partial charge in [0.1, 0.15) is 0 Å². The molecule has 3 rings (SSSR count). The van der Waals surface area contributed by atoms with Gasteiger partial charge in [-0.15, -0.1) is 0 Å². The molecule has 84 valence electrons. The molecular formula is C11H8F3NS. The van der Waals surface area contributed by atoms with Crippen molar-refractivity contribution >= 4 is 17.4 Å². The molecule has 0 bridgehead atoms. The first-order valence-electron chi connectivity index (χ1n) is 4.85. The summed E-state index contributed by atoms with van der Waals surface area (Å²) in [6.07, 6.45) is -1.11. The van der Waals surface area contributed by atoms with Gasteiger partial charge < -0.3 is 4.90 Å². The number of para-hydroxylation sites is 1. The van der Waals surface area contributed by atoms with Crippen LogP contribution in [-0.4, -0.2) is 11.0 Å². The number of rotatable bonds is 0. The van der Waals surface area contributed by atoms with Crippen molar-refractivity contribution in [3.63, 3.8) is 0 Å². The van der Waals surface area contributed by atoms with Crippen molar-refractivity contribution in [2.24, 2.45) is 0 Å². The second kappa shape index (κ2) is 2.97. The van der Waals surface area contributed by atoms with Crippen LogP contribution >= 0.6 is 11.8 Å². The van der Waals surface area contributed by atoms with Crippen molar-refractivity contribution in [1.82, 2.24) is 0 Å². The molecule has 2 aliphatic rings. The minimum absolute atomic E-state index is 0.00977. The molecule has 1 unspecified atom stereocenters. The lowest BCUT2D eigenvalue weighted by Gasteiger charge is -2.33. The minimum atomic E-state index is -4.24. The Kier molecular flexibility index (Phi) is 1.87. The first-order valence-corrected chi connectivity index (χ1v) is 5.67. The van der Waals surface area contributed by atoms with E-state index < -0.39 is 11.0 Å². The average Bonchev–Trinajstić information content (AvgIpc) is 2.72. The fourth-order valence-corrected chi connectivity index (χ4v) is 3.47. The van der Waals surface area contributed by atoms with Gasteiger partial charge in [0.25, 0.3) is 0 Å². The van der Waals surface area contributed by atoms with Crippen molar-refractivity contribution in [2.75, 3.05) is 4.90 Å². The van der Waals surface area contributed by atoms with E-state index in [4.69, 9.17) is 0 Å². The minimum Gasteiger partial charge on any atom is -0.323 e. The molecule has 0 radical (unpaired) electrons. The topological polar surface area (TPSA) is 3.24 Å². The van der Waals surface area contributed by atoms with Crippen LogP contribution in [0.15, 0.2) is 41.4 Å². The van der Waals surface area contributed by atoms with E-state index >= 15 is 0 Å². The largest absolute Gasteiger partial charge is 0.422 e. The third-order valence-electron chi connectivity index (χ3n) is 2.88. The van der Waals surface area contributed by atoms with E-state index in [0.29, 0.717) is 10.6 Å². The standard InChI is InChI=1S/C11H8F3NS/c12-11(13,14)10-6-3-7-15(10)8-4-1-2-5-9(8)16-10/h1-5,7H,6H2. The predicted octanol–water partition coefficient (Wildman–Crippen LogP) is 3.77. The second-order valence-corrected chi connectivity index (χ2v) is 5.13. The molecule has 0 amide bonds. The molecule has 1 aromatic rings. The Morgan fingerprint density at radius 1 is 1.25 bits per heavy atom. The Bertz CT molecular complexity index is 469. The fraction of sp³-hybridized carbons (Fsp3) is 0.273. The van der Waals surface area contributed by atoms with Crippen molar-refractivity contribution < 1.29 is 13.2 Å². The molecule has 2 aliphatic heterocycles. The van der Waals surface area contributed by atoms with Crippen LogP contribution in [0.4, 0.5) is 18.9 Å². The van der Waals surface area contributed by atoms with Crippen LogP contribution in [0.3, 0.4) is 0 Å². The van der Waals surface area contributed by atoms with Gasteiger partial charge in [0, 0.05) is 17.5 Å². The Balaban J connectivity index is 2.15. The van der Waals surface area contributed by atoms with E-state index in [1.807, 2.05) is 0 Å². The lowest BCUT2D eigenvalue weighted by atomic mass is 10.2. The SMILES string of the molecule is FC(F)(F)C12CC=CN1c1ccccc1S2. The number of hydrogen-bond acceptors (Lipinski definition) is 2. The maximum Gasteiger partial charge on any atom is 0.422 e. The molecule has 0 N–H and O–H groups in total. The van der Waals surface area contributed by atoms with Crippen LogP contribution in [0.2, 0.25) is 0 Å². The molecule has 0 spiro atoms. The zero-order valence-corrected chi connectivity index (χ0v) is 8.98. The molecule has 0 fully saturated rings. The number of anilines is 1. The molecule has 1 atom stereocenters. The summed E-state index contributed by atoms with van der Waals surface area (Å²) in [7, 11) is 0.